The Balaban J connectivity index is 2.56. The van der Waals surface area contributed by atoms with E-state index in [0.717, 1.165) is 6.54 Å². The molecule has 0 aliphatic heterocycles. The first-order valence-electron chi connectivity index (χ1n) is 3.93. The van der Waals surface area contributed by atoms with Crippen molar-refractivity contribution in [3.63, 3.8) is 0 Å². The molecule has 0 aliphatic rings. The van der Waals surface area contributed by atoms with Crippen LogP contribution in [0, 0.1) is 5.82 Å². The van der Waals surface area contributed by atoms with E-state index in [1.807, 2.05) is 7.05 Å². The number of nitrogens with one attached hydrogen (secondary N) is 2. The van der Waals surface area contributed by atoms with E-state index in [1.165, 1.54) is 12.3 Å². The zero-order valence-corrected chi connectivity index (χ0v) is 8.03. The zero-order chi connectivity index (χ0) is 9.68. The van der Waals surface area contributed by atoms with Gasteiger partial charge in [-0.05, 0) is 13.1 Å². The summed E-state index contributed by atoms with van der Waals surface area (Å²) in [5, 5.41) is 6.07. The fraction of sp³-hybridized carbons (Fsp3) is 0.375. The number of hydrogen-bond donors (Lipinski definition) is 2. The first-order chi connectivity index (χ1) is 6.24. The highest BCUT2D eigenvalue weighted by Gasteiger charge is 2.02. The minimum absolute atomic E-state index is 0.236. The van der Waals surface area contributed by atoms with Gasteiger partial charge in [0.25, 0.3) is 0 Å². The molecule has 0 bridgehead atoms. The average Bonchev–Trinajstić information content (AvgIpc) is 2.09. The number of hydrogen-bond acceptors (Lipinski definition) is 3. The van der Waals surface area contributed by atoms with Crippen molar-refractivity contribution in [2.45, 2.75) is 0 Å². The monoisotopic (exact) mass is 203 g/mol. The predicted molar refractivity (Wildman–Crippen MR) is 51.6 cm³/mol. The van der Waals surface area contributed by atoms with E-state index < -0.39 is 5.82 Å². The molecule has 1 aromatic heterocycles. The molecule has 0 fully saturated rings. The molecule has 0 radical (unpaired) electrons. The highest BCUT2D eigenvalue weighted by molar-refractivity contribution is 6.30. The van der Waals surface area contributed by atoms with E-state index in [9.17, 15) is 4.39 Å². The van der Waals surface area contributed by atoms with E-state index in [2.05, 4.69) is 15.6 Å². The molecule has 1 aromatic rings. The largest absolute Gasteiger partial charge is 0.366 e. The van der Waals surface area contributed by atoms with Crippen LogP contribution in [0.5, 0.6) is 0 Å². The van der Waals surface area contributed by atoms with Crippen molar-refractivity contribution in [3.8, 4) is 0 Å². The number of anilines is 1. The van der Waals surface area contributed by atoms with E-state index in [0.29, 0.717) is 11.6 Å². The lowest BCUT2D eigenvalue weighted by molar-refractivity contribution is 0.624. The van der Waals surface area contributed by atoms with Crippen LogP contribution < -0.4 is 10.6 Å². The third kappa shape index (κ3) is 3.16. The quantitative estimate of drug-likeness (QED) is 0.729. The van der Waals surface area contributed by atoms with Crippen molar-refractivity contribution >= 4 is 17.4 Å². The fourth-order valence-electron chi connectivity index (χ4n) is 0.851. The van der Waals surface area contributed by atoms with Crippen molar-refractivity contribution in [2.75, 3.05) is 25.5 Å². The van der Waals surface area contributed by atoms with Gasteiger partial charge in [0.1, 0.15) is 0 Å². The van der Waals surface area contributed by atoms with Crippen LogP contribution >= 0.6 is 11.6 Å². The molecule has 0 aliphatic carbocycles. The van der Waals surface area contributed by atoms with Gasteiger partial charge in [-0.3, -0.25) is 0 Å². The third-order valence-electron chi connectivity index (χ3n) is 1.48. The predicted octanol–water partition coefficient (Wildman–Crippen LogP) is 1.51. The van der Waals surface area contributed by atoms with Crippen molar-refractivity contribution < 1.29 is 4.39 Å². The Kier molecular flexibility index (Phi) is 3.92. The van der Waals surface area contributed by atoms with E-state index >= 15 is 0 Å². The Morgan fingerprint density at radius 2 is 2.31 bits per heavy atom. The second-order valence-corrected chi connectivity index (χ2v) is 2.95. The van der Waals surface area contributed by atoms with Crippen LogP contribution in [-0.2, 0) is 0 Å². The van der Waals surface area contributed by atoms with Crippen LogP contribution in [0.25, 0.3) is 0 Å². The topological polar surface area (TPSA) is 37.0 Å². The molecule has 0 aromatic carbocycles. The van der Waals surface area contributed by atoms with Crippen molar-refractivity contribution in [1.82, 2.24) is 10.3 Å². The lowest BCUT2D eigenvalue weighted by Crippen LogP contribution is -2.18. The number of nitrogens with zero attached hydrogens (tertiary/aromatic N) is 1. The van der Waals surface area contributed by atoms with Crippen LogP contribution in [0.4, 0.5) is 10.2 Å². The molecule has 0 unspecified atom stereocenters. The number of rotatable bonds is 4. The molecule has 13 heavy (non-hydrogen) atoms. The van der Waals surface area contributed by atoms with Gasteiger partial charge < -0.3 is 10.6 Å². The van der Waals surface area contributed by atoms with Crippen LogP contribution in [-0.4, -0.2) is 25.1 Å². The molecular formula is C8H11ClFN3. The molecule has 0 saturated heterocycles. The maximum Gasteiger partial charge on any atom is 0.166 e. The second-order valence-electron chi connectivity index (χ2n) is 2.51. The van der Waals surface area contributed by atoms with Gasteiger partial charge in [0.05, 0.1) is 5.02 Å². The van der Waals surface area contributed by atoms with Crippen molar-refractivity contribution in [1.29, 1.82) is 0 Å². The minimum Gasteiger partial charge on any atom is -0.366 e. The summed E-state index contributed by atoms with van der Waals surface area (Å²) in [7, 11) is 1.83. The van der Waals surface area contributed by atoms with Crippen LogP contribution in [0.2, 0.25) is 5.02 Å². The summed E-state index contributed by atoms with van der Waals surface area (Å²) in [4.78, 5) is 3.80. The van der Waals surface area contributed by atoms with Crippen LogP contribution in [0.3, 0.4) is 0 Å². The summed E-state index contributed by atoms with van der Waals surface area (Å²) in [5.41, 5.74) is 0. The minimum atomic E-state index is -0.427. The van der Waals surface area contributed by atoms with Gasteiger partial charge in [0.15, 0.2) is 11.6 Å². The molecule has 1 rings (SSSR count). The Labute approximate surface area is 81.3 Å². The van der Waals surface area contributed by atoms with E-state index in [-0.39, 0.29) is 5.82 Å². The zero-order valence-electron chi connectivity index (χ0n) is 7.27. The Bertz CT molecular complexity index is 280. The summed E-state index contributed by atoms with van der Waals surface area (Å²) in [6.45, 7) is 1.38. The molecule has 5 heteroatoms. The van der Waals surface area contributed by atoms with Gasteiger partial charge in [0.2, 0.25) is 0 Å². The molecule has 0 amide bonds. The van der Waals surface area contributed by atoms with Gasteiger partial charge >= 0.3 is 0 Å². The normalized spacial score (nSPS) is 10.1. The SMILES string of the molecule is CNCCNc1ncc(Cl)cc1F. The second kappa shape index (κ2) is 4.99. The third-order valence-corrected chi connectivity index (χ3v) is 1.68. The average molecular weight is 204 g/mol. The molecule has 0 atom stereocenters. The molecule has 2 N–H and O–H groups in total. The number of likely N-dealkylation sites (N-methyl/N-ethyl adjacent to an activating group) is 1. The smallest absolute Gasteiger partial charge is 0.166 e. The first-order valence-corrected chi connectivity index (χ1v) is 4.31. The first kappa shape index (κ1) is 10.2. The number of aromatic nitrogens is 1. The Hall–Kier alpha value is -0.870. The maximum atomic E-state index is 13.0. The molecule has 72 valence electrons. The lowest BCUT2D eigenvalue weighted by atomic mass is 10.4. The maximum absolute atomic E-state index is 13.0. The van der Waals surface area contributed by atoms with Gasteiger partial charge in [-0.15, -0.1) is 0 Å². The highest BCUT2D eigenvalue weighted by atomic mass is 35.5. The summed E-state index contributed by atoms with van der Waals surface area (Å²) >= 11 is 5.54. The molecule has 0 saturated carbocycles. The lowest BCUT2D eigenvalue weighted by Gasteiger charge is -2.05. The molecule has 3 nitrogen and oxygen atoms in total. The molecule has 1 heterocycles. The van der Waals surface area contributed by atoms with Gasteiger partial charge in [0, 0.05) is 19.3 Å². The summed E-state index contributed by atoms with van der Waals surface area (Å²) < 4.78 is 13.0. The van der Waals surface area contributed by atoms with Gasteiger partial charge in [-0.25, -0.2) is 9.37 Å². The number of halogens is 2. The molecular weight excluding hydrogens is 193 g/mol. The number of pyridine rings is 1. The summed E-state index contributed by atoms with van der Waals surface area (Å²) in [6.07, 6.45) is 1.41. The van der Waals surface area contributed by atoms with Gasteiger partial charge in [-0.2, -0.15) is 0 Å². The Morgan fingerprint density at radius 1 is 1.54 bits per heavy atom. The van der Waals surface area contributed by atoms with Gasteiger partial charge in [-0.1, -0.05) is 11.6 Å². The fourth-order valence-corrected chi connectivity index (χ4v) is 0.995. The van der Waals surface area contributed by atoms with Crippen LogP contribution in [0.15, 0.2) is 12.3 Å². The van der Waals surface area contributed by atoms with Crippen molar-refractivity contribution in [3.05, 3.63) is 23.1 Å². The summed E-state index contributed by atoms with van der Waals surface area (Å²) in [6, 6.07) is 1.23. The van der Waals surface area contributed by atoms with E-state index in [4.69, 9.17) is 11.6 Å². The Morgan fingerprint density at radius 3 is 2.92 bits per heavy atom. The van der Waals surface area contributed by atoms with Crippen LogP contribution in [0.1, 0.15) is 0 Å². The van der Waals surface area contributed by atoms with E-state index in [1.54, 1.807) is 0 Å². The standard InChI is InChI=1S/C8H11ClFN3/c1-11-2-3-12-8-7(10)4-6(9)5-13-8/h4-5,11H,2-3H2,1H3,(H,12,13). The highest BCUT2D eigenvalue weighted by Crippen LogP contribution is 2.14. The van der Waals surface area contributed by atoms with Crippen molar-refractivity contribution in [2.24, 2.45) is 0 Å². The molecule has 0 spiro atoms. The summed E-state index contributed by atoms with van der Waals surface area (Å²) in [5.74, 6) is -0.191.